The van der Waals surface area contributed by atoms with E-state index in [0.29, 0.717) is 16.5 Å². The molecule has 7 heteroatoms. The summed E-state index contributed by atoms with van der Waals surface area (Å²) in [6.07, 6.45) is 0. The average Bonchev–Trinajstić information content (AvgIpc) is 2.51. The van der Waals surface area contributed by atoms with E-state index in [1.165, 1.54) is 0 Å². The highest BCUT2D eigenvalue weighted by atomic mass is 127. The van der Waals surface area contributed by atoms with Gasteiger partial charge in [-0.25, -0.2) is 4.79 Å². The van der Waals surface area contributed by atoms with Gasteiger partial charge < -0.3 is 15.0 Å². The molecule has 5 nitrogen and oxygen atoms in total. The molecule has 0 unspecified atom stereocenters. The molecule has 24 heavy (non-hydrogen) atoms. The van der Waals surface area contributed by atoms with Crippen LogP contribution in [0.1, 0.15) is 5.56 Å². The Morgan fingerprint density at radius 1 is 1.33 bits per heavy atom. The van der Waals surface area contributed by atoms with Crippen molar-refractivity contribution in [3.05, 3.63) is 50.6 Å². The zero-order chi connectivity index (χ0) is 17.3. The van der Waals surface area contributed by atoms with Gasteiger partial charge in [-0.2, -0.15) is 0 Å². The second-order valence-corrected chi connectivity index (χ2v) is 7.13. The van der Waals surface area contributed by atoms with Gasteiger partial charge in [0, 0.05) is 14.3 Å². The molecule has 1 aliphatic heterocycles. The van der Waals surface area contributed by atoms with Crippen LogP contribution in [0.5, 0.6) is 5.75 Å². The number of aryl methyl sites for hydroxylation is 1. The first-order valence-electron chi connectivity index (χ1n) is 7.23. The highest BCUT2D eigenvalue weighted by molar-refractivity contribution is 14.1. The van der Waals surface area contributed by atoms with Crippen LogP contribution in [0.25, 0.3) is 0 Å². The highest BCUT2D eigenvalue weighted by Gasteiger charge is 2.26. The van der Waals surface area contributed by atoms with Crippen molar-refractivity contribution < 1.29 is 14.3 Å². The molecule has 0 saturated heterocycles. The second kappa shape index (κ2) is 6.98. The molecule has 0 fully saturated rings. The molecule has 0 saturated carbocycles. The molecule has 1 heterocycles. The summed E-state index contributed by atoms with van der Waals surface area (Å²) in [4.78, 5) is 25.8. The molecule has 0 radical (unpaired) electrons. The number of hydrogen-bond acceptors (Lipinski definition) is 4. The summed E-state index contributed by atoms with van der Waals surface area (Å²) in [7, 11) is 0. The quantitative estimate of drug-likeness (QED) is 0.435. The number of nitrogens with zero attached hydrogens (tertiary/aromatic N) is 1. The maximum Gasteiger partial charge on any atom is 0.331 e. The van der Waals surface area contributed by atoms with Crippen molar-refractivity contribution in [1.82, 2.24) is 0 Å². The van der Waals surface area contributed by atoms with Crippen LogP contribution in [0.4, 0.5) is 11.4 Å². The number of carbonyl (C=O) groups is 2. The Morgan fingerprint density at radius 2 is 2.12 bits per heavy atom. The molecular formula is C17H14ClIN2O3. The van der Waals surface area contributed by atoms with Gasteiger partial charge >= 0.3 is 5.97 Å². The Morgan fingerprint density at radius 3 is 2.88 bits per heavy atom. The van der Waals surface area contributed by atoms with Crippen molar-refractivity contribution >= 4 is 57.4 Å². The number of anilines is 2. The first-order valence-corrected chi connectivity index (χ1v) is 8.69. The summed E-state index contributed by atoms with van der Waals surface area (Å²) < 4.78 is 6.28. The largest absolute Gasteiger partial charge is 0.423 e. The van der Waals surface area contributed by atoms with Crippen LogP contribution in [0.3, 0.4) is 0 Å². The van der Waals surface area contributed by atoms with Crippen LogP contribution >= 0.6 is 34.2 Å². The van der Waals surface area contributed by atoms with Gasteiger partial charge in [-0.05, 0) is 71.5 Å². The summed E-state index contributed by atoms with van der Waals surface area (Å²) >= 11 is 8.23. The van der Waals surface area contributed by atoms with E-state index in [-0.39, 0.29) is 19.0 Å². The van der Waals surface area contributed by atoms with Crippen LogP contribution in [-0.4, -0.2) is 25.0 Å². The number of ether oxygens (including phenoxy) is 1. The fourth-order valence-electron chi connectivity index (χ4n) is 2.49. The van der Waals surface area contributed by atoms with Gasteiger partial charge in [0.1, 0.15) is 6.54 Å². The van der Waals surface area contributed by atoms with Crippen molar-refractivity contribution in [3.63, 3.8) is 0 Å². The van der Waals surface area contributed by atoms with Crippen LogP contribution in [-0.2, 0) is 9.59 Å². The first-order chi connectivity index (χ1) is 11.4. The van der Waals surface area contributed by atoms with E-state index in [9.17, 15) is 9.59 Å². The van der Waals surface area contributed by atoms with Crippen LogP contribution in [0.2, 0.25) is 5.02 Å². The molecule has 2 aromatic rings. The molecule has 0 bridgehead atoms. The van der Waals surface area contributed by atoms with E-state index in [1.54, 1.807) is 23.1 Å². The topological polar surface area (TPSA) is 58.6 Å². The molecule has 1 N–H and O–H groups in total. The molecule has 1 amide bonds. The summed E-state index contributed by atoms with van der Waals surface area (Å²) in [6, 6.07) is 10.7. The van der Waals surface area contributed by atoms with Crippen molar-refractivity contribution in [2.75, 3.05) is 23.3 Å². The Hall–Kier alpha value is -1.80. The predicted octanol–water partition coefficient (Wildman–Crippen LogP) is 3.62. The Bertz CT molecular complexity index is 825. The number of rotatable bonds is 3. The smallest absolute Gasteiger partial charge is 0.331 e. The van der Waals surface area contributed by atoms with Gasteiger partial charge in [0.15, 0.2) is 5.75 Å². The third-order valence-electron chi connectivity index (χ3n) is 3.60. The van der Waals surface area contributed by atoms with E-state index in [1.807, 2.05) is 25.1 Å². The first kappa shape index (κ1) is 17.0. The second-order valence-electron chi connectivity index (χ2n) is 5.45. The fourth-order valence-corrected chi connectivity index (χ4v) is 3.30. The molecule has 0 spiro atoms. The highest BCUT2D eigenvalue weighted by Crippen LogP contribution is 2.34. The molecule has 124 valence electrons. The third-order valence-corrected chi connectivity index (χ3v) is 4.51. The Labute approximate surface area is 158 Å². The van der Waals surface area contributed by atoms with Gasteiger partial charge in [-0.15, -0.1) is 0 Å². The van der Waals surface area contributed by atoms with Gasteiger partial charge in [0.25, 0.3) is 0 Å². The number of benzene rings is 2. The van der Waals surface area contributed by atoms with E-state index in [2.05, 4.69) is 27.9 Å². The Kier molecular flexibility index (Phi) is 4.96. The van der Waals surface area contributed by atoms with Gasteiger partial charge in [0.2, 0.25) is 5.91 Å². The maximum absolute atomic E-state index is 12.4. The molecule has 1 aliphatic rings. The van der Waals surface area contributed by atoms with Crippen molar-refractivity contribution in [3.8, 4) is 5.75 Å². The lowest BCUT2D eigenvalue weighted by atomic mass is 10.2. The number of esters is 1. The number of fused-ring (bicyclic) bond motifs is 1. The Balaban J connectivity index is 1.77. The summed E-state index contributed by atoms with van der Waals surface area (Å²) in [5.74, 6) is -0.197. The number of nitrogens with one attached hydrogen (secondary N) is 1. The number of amides is 1. The summed E-state index contributed by atoms with van der Waals surface area (Å²) in [5, 5.41) is 3.39. The third kappa shape index (κ3) is 3.81. The lowest BCUT2D eigenvalue weighted by molar-refractivity contribution is -0.133. The van der Waals surface area contributed by atoms with Crippen LogP contribution in [0.15, 0.2) is 36.4 Å². The van der Waals surface area contributed by atoms with Gasteiger partial charge in [-0.1, -0.05) is 11.6 Å². The molecule has 2 aromatic carbocycles. The van der Waals surface area contributed by atoms with Gasteiger partial charge in [-0.3, -0.25) is 4.79 Å². The number of halogens is 2. The normalized spacial score (nSPS) is 13.3. The fraction of sp³-hybridized carbons (Fsp3) is 0.176. The van der Waals surface area contributed by atoms with Crippen LogP contribution < -0.4 is 15.0 Å². The predicted molar refractivity (Wildman–Crippen MR) is 102 cm³/mol. The van der Waals surface area contributed by atoms with Crippen molar-refractivity contribution in [2.24, 2.45) is 0 Å². The maximum atomic E-state index is 12.4. The van der Waals surface area contributed by atoms with Crippen molar-refractivity contribution in [1.29, 1.82) is 0 Å². The molecular weight excluding hydrogens is 443 g/mol. The minimum Gasteiger partial charge on any atom is -0.423 e. The average molecular weight is 457 g/mol. The van der Waals surface area contributed by atoms with Crippen molar-refractivity contribution in [2.45, 2.75) is 6.92 Å². The molecule has 0 atom stereocenters. The van der Waals surface area contributed by atoms with E-state index >= 15 is 0 Å². The summed E-state index contributed by atoms with van der Waals surface area (Å²) in [5.41, 5.74) is 2.37. The zero-order valence-electron chi connectivity index (χ0n) is 12.8. The molecule has 3 rings (SSSR count). The lowest BCUT2D eigenvalue weighted by Crippen LogP contribution is -2.41. The van der Waals surface area contributed by atoms with Crippen LogP contribution in [0, 0.1) is 10.5 Å². The monoisotopic (exact) mass is 456 g/mol. The van der Waals surface area contributed by atoms with E-state index in [4.69, 9.17) is 16.3 Å². The zero-order valence-corrected chi connectivity index (χ0v) is 15.7. The molecule has 0 aromatic heterocycles. The number of carbonyl (C=O) groups excluding carboxylic acids is 2. The SMILES string of the molecule is Cc1cc(I)ccc1NC(=O)CN1CC(=O)Oc2ccc(Cl)cc21. The minimum atomic E-state index is -0.400. The van der Waals surface area contributed by atoms with Gasteiger partial charge in [0.05, 0.1) is 12.2 Å². The van der Waals surface area contributed by atoms with E-state index in [0.717, 1.165) is 14.8 Å². The minimum absolute atomic E-state index is 0.00638. The van der Waals surface area contributed by atoms with E-state index < -0.39 is 5.97 Å². The summed E-state index contributed by atoms with van der Waals surface area (Å²) in [6.45, 7) is 1.98. The molecule has 0 aliphatic carbocycles. The lowest BCUT2D eigenvalue weighted by Gasteiger charge is -2.29. The number of hydrogen-bond donors (Lipinski definition) is 1. The standard InChI is InChI=1S/C17H14ClIN2O3/c1-10-6-12(19)3-4-13(10)20-16(22)8-21-9-17(23)24-15-5-2-11(18)7-14(15)21/h2-7H,8-9H2,1H3,(H,20,22).